The number of thiocarbonyl (C=S) groups is 1. The summed E-state index contributed by atoms with van der Waals surface area (Å²) in [5.41, 5.74) is 9.29. The molecule has 0 atom stereocenters. The summed E-state index contributed by atoms with van der Waals surface area (Å²) in [4.78, 5) is 8.64. The van der Waals surface area contributed by atoms with Crippen LogP contribution in [-0.2, 0) is 0 Å². The van der Waals surface area contributed by atoms with E-state index in [4.69, 9.17) is 18.0 Å². The highest BCUT2D eigenvalue weighted by atomic mass is 79.9. The molecule has 0 unspecified atom stereocenters. The first-order valence-electron chi connectivity index (χ1n) is 5.63. The van der Waals surface area contributed by atoms with Gasteiger partial charge in [-0.05, 0) is 37.1 Å². The molecule has 0 aliphatic rings. The summed E-state index contributed by atoms with van der Waals surface area (Å²) in [5, 5.41) is 3.26. The average molecular weight is 337 g/mol. The molecule has 4 nitrogen and oxygen atoms in total. The lowest BCUT2D eigenvalue weighted by Crippen LogP contribution is -2.12. The van der Waals surface area contributed by atoms with Gasteiger partial charge < -0.3 is 11.1 Å². The predicted molar refractivity (Wildman–Crippen MR) is 84.8 cm³/mol. The van der Waals surface area contributed by atoms with E-state index >= 15 is 0 Å². The lowest BCUT2D eigenvalue weighted by molar-refractivity contribution is 1.17. The molecule has 0 saturated heterocycles. The number of nitrogens with two attached hydrogens (primary N) is 1. The molecule has 98 valence electrons. The monoisotopic (exact) mass is 336 g/mol. The molecule has 0 radical (unpaired) electrons. The van der Waals surface area contributed by atoms with Gasteiger partial charge in [-0.3, -0.25) is 0 Å². The van der Waals surface area contributed by atoms with Crippen LogP contribution in [0.4, 0.5) is 11.5 Å². The van der Waals surface area contributed by atoms with Gasteiger partial charge in [-0.15, -0.1) is 0 Å². The van der Waals surface area contributed by atoms with Crippen molar-refractivity contribution in [1.82, 2.24) is 9.97 Å². The largest absolute Gasteiger partial charge is 0.388 e. The van der Waals surface area contributed by atoms with Crippen molar-refractivity contribution in [3.05, 3.63) is 45.8 Å². The van der Waals surface area contributed by atoms with Crippen molar-refractivity contribution in [2.45, 2.75) is 13.8 Å². The van der Waals surface area contributed by atoms with Crippen molar-refractivity contribution in [2.24, 2.45) is 5.73 Å². The molecule has 2 aromatic rings. The molecule has 1 aromatic heterocycles. The Kier molecular flexibility index (Phi) is 4.11. The highest BCUT2D eigenvalue weighted by Gasteiger charge is 2.06. The average Bonchev–Trinajstić information content (AvgIpc) is 2.34. The summed E-state index contributed by atoms with van der Waals surface area (Å²) >= 11 is 8.31. The number of nitrogens with zero attached hydrogens (tertiary/aromatic N) is 2. The van der Waals surface area contributed by atoms with Crippen LogP contribution in [0.3, 0.4) is 0 Å². The summed E-state index contributed by atoms with van der Waals surface area (Å²) in [6, 6.07) is 4.10. The quantitative estimate of drug-likeness (QED) is 0.842. The van der Waals surface area contributed by atoms with Gasteiger partial charge in [-0.1, -0.05) is 28.1 Å². The Morgan fingerprint density at radius 2 is 1.84 bits per heavy atom. The third kappa shape index (κ3) is 3.27. The molecule has 0 amide bonds. The fourth-order valence-electron chi connectivity index (χ4n) is 1.76. The number of hydrogen-bond acceptors (Lipinski definition) is 4. The van der Waals surface area contributed by atoms with E-state index in [0.29, 0.717) is 11.5 Å². The molecule has 0 aliphatic carbocycles. The van der Waals surface area contributed by atoms with Crippen LogP contribution in [0.2, 0.25) is 0 Å². The minimum Gasteiger partial charge on any atom is -0.388 e. The minimum absolute atomic E-state index is 0.245. The zero-order valence-electron chi connectivity index (χ0n) is 10.6. The van der Waals surface area contributed by atoms with Gasteiger partial charge in [0, 0.05) is 10.2 Å². The Hall–Kier alpha value is -1.53. The second kappa shape index (κ2) is 5.63. The van der Waals surface area contributed by atoms with Crippen molar-refractivity contribution in [2.75, 3.05) is 5.32 Å². The van der Waals surface area contributed by atoms with Crippen molar-refractivity contribution in [3.8, 4) is 0 Å². The van der Waals surface area contributed by atoms with Gasteiger partial charge in [0.2, 0.25) is 0 Å². The van der Waals surface area contributed by atoms with E-state index in [0.717, 1.165) is 21.3 Å². The molecule has 0 bridgehead atoms. The van der Waals surface area contributed by atoms with Crippen LogP contribution in [0.15, 0.2) is 29.0 Å². The third-order valence-corrected chi connectivity index (χ3v) is 3.32. The minimum atomic E-state index is 0.245. The zero-order valence-corrected chi connectivity index (χ0v) is 13.0. The first-order chi connectivity index (χ1) is 8.97. The smallest absolute Gasteiger partial charge is 0.148 e. The number of aromatic nitrogens is 2. The molecule has 0 aliphatic heterocycles. The summed E-state index contributed by atoms with van der Waals surface area (Å²) < 4.78 is 1.06. The Labute approximate surface area is 125 Å². The third-order valence-electron chi connectivity index (χ3n) is 2.65. The SMILES string of the molecule is Cc1cc(Br)cc(C)c1Nc1cnc(C(N)=S)cn1. The van der Waals surface area contributed by atoms with E-state index in [9.17, 15) is 0 Å². The zero-order chi connectivity index (χ0) is 14.0. The number of halogens is 1. The number of anilines is 2. The molecule has 1 heterocycles. The molecule has 6 heteroatoms. The van der Waals surface area contributed by atoms with Gasteiger partial charge in [0.1, 0.15) is 16.5 Å². The molecule has 1 aromatic carbocycles. The van der Waals surface area contributed by atoms with E-state index in [2.05, 4.69) is 31.2 Å². The van der Waals surface area contributed by atoms with Gasteiger partial charge in [0.15, 0.2) is 0 Å². The summed E-state index contributed by atoms with van der Waals surface area (Å²) in [7, 11) is 0. The first-order valence-corrected chi connectivity index (χ1v) is 6.83. The lowest BCUT2D eigenvalue weighted by Gasteiger charge is -2.12. The van der Waals surface area contributed by atoms with Crippen LogP contribution in [0.25, 0.3) is 0 Å². The Morgan fingerprint density at radius 3 is 2.32 bits per heavy atom. The van der Waals surface area contributed by atoms with E-state index < -0.39 is 0 Å². The van der Waals surface area contributed by atoms with Gasteiger partial charge >= 0.3 is 0 Å². The second-order valence-electron chi connectivity index (χ2n) is 4.19. The van der Waals surface area contributed by atoms with Crippen molar-refractivity contribution in [1.29, 1.82) is 0 Å². The second-order valence-corrected chi connectivity index (χ2v) is 5.55. The molecule has 0 spiro atoms. The standard InChI is InChI=1S/C13H13BrN4S/c1-7-3-9(14)4-8(2)12(7)18-11-6-16-10(5-17-11)13(15)19/h3-6H,1-2H3,(H2,15,19)(H,17,18). The lowest BCUT2D eigenvalue weighted by atomic mass is 10.1. The Morgan fingerprint density at radius 1 is 1.21 bits per heavy atom. The summed E-state index contributed by atoms with van der Waals surface area (Å²) in [6.45, 7) is 4.08. The number of hydrogen-bond donors (Lipinski definition) is 2. The van der Waals surface area contributed by atoms with E-state index in [1.54, 1.807) is 12.4 Å². The number of aryl methyl sites for hydroxylation is 2. The molecule has 0 saturated carbocycles. The highest BCUT2D eigenvalue weighted by Crippen LogP contribution is 2.27. The molecular weight excluding hydrogens is 324 g/mol. The molecule has 3 N–H and O–H groups in total. The Bertz CT molecular complexity index is 602. The molecule has 2 rings (SSSR count). The maximum Gasteiger partial charge on any atom is 0.148 e. The van der Waals surface area contributed by atoms with Crippen molar-refractivity contribution < 1.29 is 0 Å². The highest BCUT2D eigenvalue weighted by molar-refractivity contribution is 9.10. The van der Waals surface area contributed by atoms with Crippen LogP contribution < -0.4 is 11.1 Å². The summed E-state index contributed by atoms with van der Waals surface area (Å²) in [5.74, 6) is 0.661. The molecular formula is C13H13BrN4S. The summed E-state index contributed by atoms with van der Waals surface area (Å²) in [6.07, 6.45) is 3.18. The number of benzene rings is 1. The topological polar surface area (TPSA) is 63.8 Å². The van der Waals surface area contributed by atoms with Gasteiger partial charge in [0.25, 0.3) is 0 Å². The molecule has 19 heavy (non-hydrogen) atoms. The van der Waals surface area contributed by atoms with Crippen LogP contribution in [-0.4, -0.2) is 15.0 Å². The van der Waals surface area contributed by atoms with E-state index in [1.807, 2.05) is 26.0 Å². The molecule has 0 fully saturated rings. The van der Waals surface area contributed by atoms with E-state index in [-0.39, 0.29) is 4.99 Å². The fourth-order valence-corrected chi connectivity index (χ4v) is 2.55. The van der Waals surface area contributed by atoms with Crippen molar-refractivity contribution >= 4 is 44.6 Å². The van der Waals surface area contributed by atoms with Crippen LogP contribution in [0.5, 0.6) is 0 Å². The maximum absolute atomic E-state index is 5.48. The first kappa shape index (κ1) is 13.9. The normalized spacial score (nSPS) is 10.3. The fraction of sp³-hybridized carbons (Fsp3) is 0.154. The van der Waals surface area contributed by atoms with Crippen LogP contribution in [0.1, 0.15) is 16.8 Å². The van der Waals surface area contributed by atoms with Crippen LogP contribution >= 0.6 is 28.1 Å². The predicted octanol–water partition coefficient (Wildman–Crippen LogP) is 3.23. The van der Waals surface area contributed by atoms with Gasteiger partial charge in [0.05, 0.1) is 12.4 Å². The maximum atomic E-state index is 5.48. The van der Waals surface area contributed by atoms with Gasteiger partial charge in [-0.25, -0.2) is 9.97 Å². The number of nitrogens with one attached hydrogen (secondary N) is 1. The van der Waals surface area contributed by atoms with Crippen molar-refractivity contribution in [3.63, 3.8) is 0 Å². The van der Waals surface area contributed by atoms with E-state index in [1.165, 1.54) is 0 Å². The number of rotatable bonds is 3. The van der Waals surface area contributed by atoms with Crippen LogP contribution in [0, 0.1) is 13.8 Å². The van der Waals surface area contributed by atoms with Gasteiger partial charge in [-0.2, -0.15) is 0 Å². The Balaban J connectivity index is 2.29.